The van der Waals surface area contributed by atoms with Gasteiger partial charge in [0, 0.05) is 39.1 Å². The molecule has 6 nitrogen and oxygen atoms in total. The van der Waals surface area contributed by atoms with E-state index in [0.29, 0.717) is 13.0 Å². The van der Waals surface area contributed by atoms with Crippen LogP contribution in [0.25, 0.3) is 0 Å². The zero-order valence-electron chi connectivity index (χ0n) is 18.6. The molecule has 0 bridgehead atoms. The number of amides is 3. The van der Waals surface area contributed by atoms with Gasteiger partial charge in [-0.05, 0) is 30.5 Å². The molecule has 2 aliphatic rings. The van der Waals surface area contributed by atoms with Crippen molar-refractivity contribution in [1.82, 2.24) is 14.7 Å². The lowest BCUT2D eigenvalue weighted by Gasteiger charge is -2.40. The average molecular weight is 473 g/mol. The first-order chi connectivity index (χ1) is 16.3. The molecule has 2 saturated heterocycles. The van der Waals surface area contributed by atoms with Crippen LogP contribution < -0.4 is 0 Å². The molecule has 0 spiro atoms. The summed E-state index contributed by atoms with van der Waals surface area (Å²) in [6, 6.07) is 13.1. The van der Waals surface area contributed by atoms with Crippen LogP contribution in [-0.2, 0) is 15.8 Å². The molecule has 0 radical (unpaired) electrons. The van der Waals surface area contributed by atoms with Gasteiger partial charge in [0.2, 0.25) is 11.8 Å². The van der Waals surface area contributed by atoms with E-state index in [9.17, 15) is 27.6 Å². The number of likely N-dealkylation sites (tertiary alicyclic amines) is 1. The molecule has 0 saturated carbocycles. The van der Waals surface area contributed by atoms with Crippen LogP contribution in [-0.4, -0.2) is 65.1 Å². The standard InChI is InChI=1S/C25H26F3N3O3/c26-25(27,28)20-11-5-4-10-19(20)23(33)29-14-16-30(17-15-29)24(34)22(18-8-2-1-3-9-18)31-13-7-6-12-21(31)32/h1-5,8-11,22H,6-7,12-17H2. The van der Waals surface area contributed by atoms with Gasteiger partial charge in [0.15, 0.2) is 0 Å². The van der Waals surface area contributed by atoms with E-state index in [1.165, 1.54) is 23.1 Å². The molecule has 9 heteroatoms. The maximum absolute atomic E-state index is 13.6. The van der Waals surface area contributed by atoms with Crippen molar-refractivity contribution in [3.63, 3.8) is 0 Å². The van der Waals surface area contributed by atoms with Crippen molar-refractivity contribution in [3.05, 3.63) is 71.3 Å². The second-order valence-corrected chi connectivity index (χ2v) is 8.52. The molecular weight excluding hydrogens is 447 g/mol. The van der Waals surface area contributed by atoms with Crippen molar-refractivity contribution in [1.29, 1.82) is 0 Å². The van der Waals surface area contributed by atoms with Crippen molar-refractivity contribution >= 4 is 17.7 Å². The molecule has 2 aromatic rings. The summed E-state index contributed by atoms with van der Waals surface area (Å²) in [7, 11) is 0. The Morgan fingerprint density at radius 1 is 0.794 bits per heavy atom. The molecule has 0 aliphatic carbocycles. The lowest BCUT2D eigenvalue weighted by atomic mass is 9.99. The van der Waals surface area contributed by atoms with Crippen LogP contribution in [0, 0.1) is 0 Å². The predicted octanol–water partition coefficient (Wildman–Crippen LogP) is 3.74. The number of hydrogen-bond donors (Lipinski definition) is 0. The van der Waals surface area contributed by atoms with Crippen LogP contribution in [0.1, 0.15) is 46.8 Å². The molecule has 34 heavy (non-hydrogen) atoms. The molecule has 2 aromatic carbocycles. The molecule has 0 N–H and O–H groups in total. The quantitative estimate of drug-likeness (QED) is 0.680. The first kappa shape index (κ1) is 23.8. The van der Waals surface area contributed by atoms with Crippen molar-refractivity contribution < 1.29 is 27.6 Å². The fourth-order valence-electron chi connectivity index (χ4n) is 4.58. The summed E-state index contributed by atoms with van der Waals surface area (Å²) in [5.74, 6) is -0.999. The highest BCUT2D eigenvalue weighted by Gasteiger charge is 2.39. The van der Waals surface area contributed by atoms with Crippen molar-refractivity contribution in [2.45, 2.75) is 31.5 Å². The third-order valence-corrected chi connectivity index (χ3v) is 6.36. The van der Waals surface area contributed by atoms with Gasteiger partial charge in [-0.3, -0.25) is 14.4 Å². The third kappa shape index (κ3) is 4.93. The molecule has 3 amide bonds. The lowest BCUT2D eigenvalue weighted by molar-refractivity contribution is -0.148. The van der Waals surface area contributed by atoms with Gasteiger partial charge < -0.3 is 14.7 Å². The lowest BCUT2D eigenvalue weighted by Crippen LogP contribution is -2.54. The SMILES string of the molecule is O=C(c1ccccc1C(F)(F)F)N1CCN(C(=O)C(c2ccccc2)N2CCCCC2=O)CC1. The summed E-state index contributed by atoms with van der Waals surface area (Å²) in [6.07, 6.45) is -2.61. The monoisotopic (exact) mass is 473 g/mol. The van der Waals surface area contributed by atoms with E-state index in [0.717, 1.165) is 24.5 Å². The molecule has 4 rings (SSSR count). The molecule has 1 atom stereocenters. The number of carbonyl (C=O) groups is 3. The van der Waals surface area contributed by atoms with Crippen LogP contribution in [0.3, 0.4) is 0 Å². The third-order valence-electron chi connectivity index (χ3n) is 6.36. The Hall–Kier alpha value is -3.36. The highest BCUT2D eigenvalue weighted by molar-refractivity contribution is 5.96. The zero-order valence-corrected chi connectivity index (χ0v) is 18.6. The van der Waals surface area contributed by atoms with Crippen molar-refractivity contribution in [2.24, 2.45) is 0 Å². The summed E-state index contributed by atoms with van der Waals surface area (Å²) in [5, 5.41) is 0. The Labute approximate surface area is 195 Å². The molecule has 1 unspecified atom stereocenters. The number of halogens is 3. The summed E-state index contributed by atoms with van der Waals surface area (Å²) in [4.78, 5) is 43.6. The number of benzene rings is 2. The van der Waals surface area contributed by atoms with E-state index in [2.05, 4.69) is 0 Å². The van der Waals surface area contributed by atoms with Crippen molar-refractivity contribution in [3.8, 4) is 0 Å². The second-order valence-electron chi connectivity index (χ2n) is 8.52. The number of carbonyl (C=O) groups excluding carboxylic acids is 3. The van der Waals surface area contributed by atoms with Gasteiger partial charge in [-0.25, -0.2) is 0 Å². The number of piperazine rings is 1. The van der Waals surface area contributed by atoms with Crippen LogP contribution in [0.15, 0.2) is 54.6 Å². The summed E-state index contributed by atoms with van der Waals surface area (Å²) in [6.45, 7) is 1.10. The number of nitrogens with zero attached hydrogens (tertiary/aromatic N) is 3. The van der Waals surface area contributed by atoms with Gasteiger partial charge in [0.25, 0.3) is 5.91 Å². The van der Waals surface area contributed by atoms with Gasteiger partial charge in [0.1, 0.15) is 6.04 Å². The smallest absolute Gasteiger partial charge is 0.337 e. The number of rotatable bonds is 4. The Kier molecular flexibility index (Phi) is 6.90. The molecule has 2 heterocycles. The first-order valence-electron chi connectivity index (χ1n) is 11.4. The van der Waals surface area contributed by atoms with Gasteiger partial charge in [-0.2, -0.15) is 13.2 Å². The molecule has 180 valence electrons. The van der Waals surface area contributed by atoms with E-state index in [1.807, 2.05) is 30.3 Å². The van der Waals surface area contributed by atoms with Gasteiger partial charge in [0.05, 0.1) is 11.1 Å². The van der Waals surface area contributed by atoms with E-state index in [4.69, 9.17) is 0 Å². The normalized spacial score (nSPS) is 18.1. The van der Waals surface area contributed by atoms with E-state index < -0.39 is 29.3 Å². The minimum Gasteiger partial charge on any atom is -0.337 e. The van der Waals surface area contributed by atoms with Crippen LogP contribution in [0.5, 0.6) is 0 Å². The minimum absolute atomic E-state index is 0.0639. The van der Waals surface area contributed by atoms with E-state index in [-0.39, 0.29) is 38.0 Å². The first-order valence-corrected chi connectivity index (χ1v) is 11.4. The minimum atomic E-state index is -4.63. The Bertz CT molecular complexity index is 1050. The molecule has 2 aliphatic heterocycles. The zero-order chi connectivity index (χ0) is 24.3. The van der Waals surface area contributed by atoms with Gasteiger partial charge in [-0.1, -0.05) is 42.5 Å². The summed E-state index contributed by atoms with van der Waals surface area (Å²) >= 11 is 0. The van der Waals surface area contributed by atoms with Gasteiger partial charge in [-0.15, -0.1) is 0 Å². The Morgan fingerprint density at radius 2 is 1.41 bits per heavy atom. The number of piperidine rings is 1. The fraction of sp³-hybridized carbons (Fsp3) is 0.400. The summed E-state index contributed by atoms with van der Waals surface area (Å²) in [5.41, 5.74) is -0.637. The topological polar surface area (TPSA) is 60.9 Å². The predicted molar refractivity (Wildman–Crippen MR) is 119 cm³/mol. The fourth-order valence-corrected chi connectivity index (χ4v) is 4.58. The summed E-state index contributed by atoms with van der Waals surface area (Å²) < 4.78 is 40.0. The van der Waals surface area contributed by atoms with Crippen molar-refractivity contribution in [2.75, 3.05) is 32.7 Å². The van der Waals surface area contributed by atoms with E-state index >= 15 is 0 Å². The maximum atomic E-state index is 13.6. The highest BCUT2D eigenvalue weighted by Crippen LogP contribution is 2.33. The second kappa shape index (κ2) is 9.87. The van der Waals surface area contributed by atoms with Gasteiger partial charge >= 0.3 is 6.18 Å². The van der Waals surface area contributed by atoms with Crippen LogP contribution >= 0.6 is 0 Å². The molecule has 2 fully saturated rings. The average Bonchev–Trinajstić information content (AvgIpc) is 2.85. The van der Waals surface area contributed by atoms with Crippen LogP contribution in [0.2, 0.25) is 0 Å². The highest BCUT2D eigenvalue weighted by atomic mass is 19.4. The van der Waals surface area contributed by atoms with Crippen LogP contribution in [0.4, 0.5) is 13.2 Å². The maximum Gasteiger partial charge on any atom is 0.417 e. The van der Waals surface area contributed by atoms with E-state index in [1.54, 1.807) is 9.80 Å². The largest absolute Gasteiger partial charge is 0.417 e. The molecular formula is C25H26F3N3O3. The Balaban J connectivity index is 1.49. The number of hydrogen-bond acceptors (Lipinski definition) is 3. The Morgan fingerprint density at radius 3 is 2.06 bits per heavy atom. The number of alkyl halides is 3. The molecule has 0 aromatic heterocycles.